The molecule has 0 heterocycles. The van der Waals surface area contributed by atoms with E-state index in [2.05, 4.69) is 21.2 Å². The summed E-state index contributed by atoms with van der Waals surface area (Å²) in [6.07, 6.45) is 0. The lowest BCUT2D eigenvalue weighted by atomic mass is 10.1. The first kappa shape index (κ1) is 18.1. The largest absolute Gasteiger partial charge is 0.497 e. The normalized spacial score (nSPS) is 10.2. The molecule has 0 radical (unpaired) electrons. The Labute approximate surface area is 150 Å². The standard InChI is InChI=1S/C18H20BrNO4/c1-12-10-15(18(21)23-3)17(16(19)11-12)20-8-9-24-14-6-4-13(22-2)5-7-14/h4-7,10-11,20H,8-9H2,1-3H3. The maximum absolute atomic E-state index is 11.9. The van der Waals surface area contributed by atoms with Crippen molar-refractivity contribution in [2.45, 2.75) is 6.92 Å². The number of halogens is 1. The van der Waals surface area contributed by atoms with Gasteiger partial charge in [0.15, 0.2) is 0 Å². The molecule has 0 saturated heterocycles. The number of aryl methyl sites for hydroxylation is 1. The first-order valence-corrected chi connectivity index (χ1v) is 8.23. The lowest BCUT2D eigenvalue weighted by Crippen LogP contribution is -2.15. The maximum atomic E-state index is 11.9. The van der Waals surface area contributed by atoms with Crippen molar-refractivity contribution in [1.29, 1.82) is 0 Å². The van der Waals surface area contributed by atoms with Gasteiger partial charge in [0, 0.05) is 11.0 Å². The van der Waals surface area contributed by atoms with Crippen molar-refractivity contribution < 1.29 is 19.0 Å². The van der Waals surface area contributed by atoms with Gasteiger partial charge < -0.3 is 19.5 Å². The van der Waals surface area contributed by atoms with Crippen molar-refractivity contribution in [3.63, 3.8) is 0 Å². The fourth-order valence-corrected chi connectivity index (χ4v) is 2.92. The molecule has 2 rings (SSSR count). The highest BCUT2D eigenvalue weighted by Gasteiger charge is 2.15. The van der Waals surface area contributed by atoms with Crippen molar-refractivity contribution in [1.82, 2.24) is 0 Å². The summed E-state index contributed by atoms with van der Waals surface area (Å²) < 4.78 is 16.4. The second-order valence-corrected chi connectivity index (χ2v) is 5.97. The molecule has 0 aliphatic rings. The fraction of sp³-hybridized carbons (Fsp3) is 0.278. The number of benzene rings is 2. The number of methoxy groups -OCH3 is 2. The van der Waals surface area contributed by atoms with Crippen LogP contribution in [0.4, 0.5) is 5.69 Å². The van der Waals surface area contributed by atoms with Crippen LogP contribution in [0.25, 0.3) is 0 Å². The van der Waals surface area contributed by atoms with E-state index < -0.39 is 0 Å². The van der Waals surface area contributed by atoms with Gasteiger partial charge in [0.2, 0.25) is 0 Å². The van der Waals surface area contributed by atoms with Crippen molar-refractivity contribution in [2.75, 3.05) is 32.7 Å². The summed E-state index contributed by atoms with van der Waals surface area (Å²) in [5.41, 5.74) is 2.17. The lowest BCUT2D eigenvalue weighted by Gasteiger charge is -2.14. The van der Waals surface area contributed by atoms with Gasteiger partial charge in [-0.25, -0.2) is 4.79 Å². The quantitative estimate of drug-likeness (QED) is 0.568. The monoisotopic (exact) mass is 393 g/mol. The van der Waals surface area contributed by atoms with Crippen LogP contribution in [-0.2, 0) is 4.74 Å². The Morgan fingerprint density at radius 2 is 1.79 bits per heavy atom. The van der Waals surface area contributed by atoms with Crippen LogP contribution >= 0.6 is 15.9 Å². The minimum absolute atomic E-state index is 0.377. The molecule has 0 spiro atoms. The zero-order valence-electron chi connectivity index (χ0n) is 13.9. The minimum Gasteiger partial charge on any atom is -0.497 e. The zero-order chi connectivity index (χ0) is 17.5. The molecular formula is C18H20BrNO4. The molecule has 5 nitrogen and oxygen atoms in total. The summed E-state index contributed by atoms with van der Waals surface area (Å²) in [6, 6.07) is 11.1. The first-order valence-electron chi connectivity index (χ1n) is 7.44. The molecule has 24 heavy (non-hydrogen) atoms. The maximum Gasteiger partial charge on any atom is 0.340 e. The van der Waals surface area contributed by atoms with Gasteiger partial charge in [-0.1, -0.05) is 0 Å². The molecule has 128 valence electrons. The van der Waals surface area contributed by atoms with Crippen molar-refractivity contribution in [2.24, 2.45) is 0 Å². The summed E-state index contributed by atoms with van der Waals surface area (Å²) in [5.74, 6) is 1.17. The lowest BCUT2D eigenvalue weighted by molar-refractivity contribution is 0.0601. The Bertz CT molecular complexity index is 701. The number of carbonyl (C=O) groups excluding carboxylic acids is 1. The van der Waals surface area contributed by atoms with Gasteiger partial charge in [-0.05, 0) is 64.8 Å². The van der Waals surface area contributed by atoms with Crippen LogP contribution in [0.3, 0.4) is 0 Å². The molecule has 0 aliphatic heterocycles. The topological polar surface area (TPSA) is 56.8 Å². The van der Waals surface area contributed by atoms with E-state index in [0.717, 1.165) is 21.5 Å². The highest BCUT2D eigenvalue weighted by Crippen LogP contribution is 2.29. The average Bonchev–Trinajstić information content (AvgIpc) is 2.59. The third-order valence-electron chi connectivity index (χ3n) is 3.37. The smallest absolute Gasteiger partial charge is 0.340 e. The molecule has 0 saturated carbocycles. The Morgan fingerprint density at radius 3 is 2.42 bits per heavy atom. The number of carbonyl (C=O) groups is 1. The zero-order valence-corrected chi connectivity index (χ0v) is 15.5. The molecule has 0 atom stereocenters. The second-order valence-electron chi connectivity index (χ2n) is 5.11. The molecule has 6 heteroatoms. The molecular weight excluding hydrogens is 374 g/mol. The van der Waals surface area contributed by atoms with Gasteiger partial charge in [0.05, 0.1) is 25.5 Å². The van der Waals surface area contributed by atoms with Gasteiger partial charge >= 0.3 is 5.97 Å². The molecule has 2 aromatic rings. The van der Waals surface area contributed by atoms with Gasteiger partial charge in [-0.2, -0.15) is 0 Å². The number of nitrogens with one attached hydrogen (secondary N) is 1. The highest BCUT2D eigenvalue weighted by atomic mass is 79.9. The predicted molar refractivity (Wildman–Crippen MR) is 97.2 cm³/mol. The van der Waals surface area contributed by atoms with Crippen LogP contribution in [0.1, 0.15) is 15.9 Å². The van der Waals surface area contributed by atoms with Crippen molar-refractivity contribution in [3.05, 3.63) is 52.0 Å². The van der Waals surface area contributed by atoms with E-state index >= 15 is 0 Å². The Hall–Kier alpha value is -2.21. The number of hydrogen-bond acceptors (Lipinski definition) is 5. The average molecular weight is 394 g/mol. The van der Waals surface area contributed by atoms with E-state index in [4.69, 9.17) is 14.2 Å². The number of anilines is 1. The van der Waals surface area contributed by atoms with E-state index in [1.807, 2.05) is 37.3 Å². The Morgan fingerprint density at radius 1 is 1.12 bits per heavy atom. The third-order valence-corrected chi connectivity index (χ3v) is 4.00. The summed E-state index contributed by atoms with van der Waals surface area (Å²) in [5, 5.41) is 3.22. The van der Waals surface area contributed by atoms with Gasteiger partial charge in [0.1, 0.15) is 18.1 Å². The van der Waals surface area contributed by atoms with E-state index in [1.165, 1.54) is 7.11 Å². The van der Waals surface area contributed by atoms with Crippen LogP contribution in [-0.4, -0.2) is 33.3 Å². The van der Waals surface area contributed by atoms with Gasteiger partial charge in [0.25, 0.3) is 0 Å². The molecule has 0 fully saturated rings. The molecule has 0 bridgehead atoms. The molecule has 2 aromatic carbocycles. The summed E-state index contributed by atoms with van der Waals surface area (Å²) in [4.78, 5) is 11.9. The van der Waals surface area contributed by atoms with Crippen LogP contribution in [0, 0.1) is 6.92 Å². The molecule has 0 amide bonds. The Balaban J connectivity index is 1.97. The second kappa shape index (κ2) is 8.59. The van der Waals surface area contributed by atoms with E-state index in [9.17, 15) is 4.79 Å². The van der Waals surface area contributed by atoms with Crippen molar-refractivity contribution in [3.8, 4) is 11.5 Å². The SMILES string of the molecule is COC(=O)c1cc(C)cc(Br)c1NCCOc1ccc(OC)cc1. The molecule has 0 unspecified atom stereocenters. The van der Waals surface area contributed by atoms with E-state index in [-0.39, 0.29) is 5.97 Å². The van der Waals surface area contributed by atoms with Gasteiger partial charge in [-0.15, -0.1) is 0 Å². The fourth-order valence-electron chi connectivity index (χ4n) is 2.21. The molecule has 0 aromatic heterocycles. The molecule has 0 aliphatic carbocycles. The Kier molecular flexibility index (Phi) is 6.49. The van der Waals surface area contributed by atoms with E-state index in [0.29, 0.717) is 24.4 Å². The number of rotatable bonds is 7. The first-order chi connectivity index (χ1) is 11.5. The van der Waals surface area contributed by atoms with Crippen LogP contribution in [0.5, 0.6) is 11.5 Å². The van der Waals surface area contributed by atoms with E-state index in [1.54, 1.807) is 13.2 Å². The van der Waals surface area contributed by atoms with Gasteiger partial charge in [-0.3, -0.25) is 0 Å². The van der Waals surface area contributed by atoms with Crippen LogP contribution < -0.4 is 14.8 Å². The molecule has 1 N–H and O–H groups in total. The van der Waals surface area contributed by atoms with Crippen LogP contribution in [0.15, 0.2) is 40.9 Å². The predicted octanol–water partition coefficient (Wildman–Crippen LogP) is 4.04. The number of ether oxygens (including phenoxy) is 3. The summed E-state index contributed by atoms with van der Waals surface area (Å²) in [7, 11) is 2.99. The number of esters is 1. The number of hydrogen-bond donors (Lipinski definition) is 1. The summed E-state index contributed by atoms with van der Waals surface area (Å²) in [6.45, 7) is 2.92. The minimum atomic E-state index is -0.377. The third kappa shape index (κ3) is 4.64. The highest BCUT2D eigenvalue weighted by molar-refractivity contribution is 9.10. The summed E-state index contributed by atoms with van der Waals surface area (Å²) >= 11 is 3.48. The van der Waals surface area contributed by atoms with Crippen LogP contribution in [0.2, 0.25) is 0 Å². The van der Waals surface area contributed by atoms with Crippen molar-refractivity contribution >= 4 is 27.6 Å².